The van der Waals surface area contributed by atoms with Crippen LogP contribution in [0.3, 0.4) is 0 Å². The zero-order chi connectivity index (χ0) is 13.7. The second-order valence-corrected chi connectivity index (χ2v) is 5.27. The van der Waals surface area contributed by atoms with Gasteiger partial charge < -0.3 is 5.11 Å². The molecule has 1 aliphatic heterocycles. The highest BCUT2D eigenvalue weighted by Gasteiger charge is 2.20. The van der Waals surface area contributed by atoms with E-state index < -0.39 is 0 Å². The molecule has 1 fully saturated rings. The Bertz CT molecular complexity index is 419. The summed E-state index contributed by atoms with van der Waals surface area (Å²) in [5.41, 5.74) is 0.849. The van der Waals surface area contributed by atoms with Crippen molar-refractivity contribution in [2.24, 2.45) is 5.92 Å². The van der Waals surface area contributed by atoms with Gasteiger partial charge in [-0.1, -0.05) is 12.1 Å². The molecule has 104 valence electrons. The maximum Gasteiger partial charge on any atom is 0.151 e. The zero-order valence-corrected chi connectivity index (χ0v) is 11.0. The number of rotatable bonds is 5. The van der Waals surface area contributed by atoms with Crippen molar-refractivity contribution in [2.75, 3.05) is 26.2 Å². The molecule has 0 spiro atoms. The monoisotopic (exact) mass is 265 g/mol. The maximum atomic E-state index is 12.8. The molecule has 0 bridgehead atoms. The van der Waals surface area contributed by atoms with Crippen LogP contribution in [-0.4, -0.2) is 42.0 Å². The minimum absolute atomic E-state index is 0.144. The lowest BCUT2D eigenvalue weighted by molar-refractivity contribution is -0.120. The van der Waals surface area contributed by atoms with Crippen LogP contribution in [0.15, 0.2) is 24.3 Å². The van der Waals surface area contributed by atoms with Gasteiger partial charge in [-0.05, 0) is 43.0 Å². The van der Waals surface area contributed by atoms with Crippen LogP contribution >= 0.6 is 0 Å². The zero-order valence-electron chi connectivity index (χ0n) is 11.0. The molecule has 0 aromatic heterocycles. The summed E-state index contributed by atoms with van der Waals surface area (Å²) in [5.74, 6) is 0.163. The van der Waals surface area contributed by atoms with Gasteiger partial charge in [0, 0.05) is 19.6 Å². The minimum Gasteiger partial charge on any atom is -0.396 e. The Balaban J connectivity index is 1.82. The average molecular weight is 265 g/mol. The molecule has 0 aliphatic carbocycles. The summed E-state index contributed by atoms with van der Waals surface area (Å²) < 4.78 is 12.8. The van der Waals surface area contributed by atoms with Crippen LogP contribution in [0.5, 0.6) is 0 Å². The SMILES string of the molecule is O=C(Cc1ccc(F)cc1)CN1CCCC(CO)C1. The first-order chi connectivity index (χ1) is 9.17. The average Bonchev–Trinajstić information content (AvgIpc) is 2.41. The topological polar surface area (TPSA) is 40.5 Å². The van der Waals surface area contributed by atoms with Crippen LogP contribution in [0, 0.1) is 11.7 Å². The second-order valence-electron chi connectivity index (χ2n) is 5.27. The Kier molecular flexibility index (Phi) is 5.05. The number of hydrogen-bond acceptors (Lipinski definition) is 3. The van der Waals surface area contributed by atoms with Gasteiger partial charge in [-0.25, -0.2) is 4.39 Å². The Morgan fingerprint density at radius 3 is 2.79 bits per heavy atom. The molecule has 1 unspecified atom stereocenters. The van der Waals surface area contributed by atoms with Gasteiger partial charge >= 0.3 is 0 Å². The third-order valence-electron chi connectivity index (χ3n) is 3.58. The van der Waals surface area contributed by atoms with Crippen LogP contribution in [-0.2, 0) is 11.2 Å². The molecule has 19 heavy (non-hydrogen) atoms. The fraction of sp³-hybridized carbons (Fsp3) is 0.533. The maximum absolute atomic E-state index is 12.8. The summed E-state index contributed by atoms with van der Waals surface area (Å²) >= 11 is 0. The Labute approximate surface area is 113 Å². The van der Waals surface area contributed by atoms with Gasteiger partial charge in [0.1, 0.15) is 5.82 Å². The summed E-state index contributed by atoms with van der Waals surface area (Å²) in [7, 11) is 0. The highest BCUT2D eigenvalue weighted by molar-refractivity contribution is 5.82. The van der Waals surface area contributed by atoms with E-state index in [9.17, 15) is 9.18 Å². The summed E-state index contributed by atoms with van der Waals surface area (Å²) in [4.78, 5) is 14.1. The van der Waals surface area contributed by atoms with E-state index in [0.717, 1.165) is 31.5 Å². The number of Topliss-reactive ketones (excluding diaryl/α,β-unsaturated/α-hetero) is 1. The van der Waals surface area contributed by atoms with Crippen LogP contribution in [0.2, 0.25) is 0 Å². The lowest BCUT2D eigenvalue weighted by atomic mass is 9.98. The quantitative estimate of drug-likeness (QED) is 0.880. The highest BCUT2D eigenvalue weighted by Crippen LogP contribution is 2.15. The molecule has 0 radical (unpaired) electrons. The van der Waals surface area contributed by atoms with Gasteiger partial charge in [-0.3, -0.25) is 9.69 Å². The van der Waals surface area contributed by atoms with E-state index in [0.29, 0.717) is 18.9 Å². The molecule has 2 rings (SSSR count). The second kappa shape index (κ2) is 6.78. The van der Waals surface area contributed by atoms with Crippen LogP contribution in [0.1, 0.15) is 18.4 Å². The van der Waals surface area contributed by atoms with E-state index in [1.807, 2.05) is 0 Å². The van der Waals surface area contributed by atoms with Crippen molar-refractivity contribution in [1.82, 2.24) is 4.90 Å². The number of piperidine rings is 1. The number of benzene rings is 1. The Morgan fingerprint density at radius 2 is 2.11 bits per heavy atom. The number of hydrogen-bond donors (Lipinski definition) is 1. The van der Waals surface area contributed by atoms with Crippen LogP contribution in [0.25, 0.3) is 0 Å². The predicted molar refractivity (Wildman–Crippen MR) is 71.4 cm³/mol. The lowest BCUT2D eigenvalue weighted by Crippen LogP contribution is -2.40. The largest absolute Gasteiger partial charge is 0.396 e. The molecule has 1 heterocycles. The first-order valence-corrected chi connectivity index (χ1v) is 6.76. The number of carbonyl (C=O) groups is 1. The highest BCUT2D eigenvalue weighted by atomic mass is 19.1. The van der Waals surface area contributed by atoms with Gasteiger partial charge in [-0.2, -0.15) is 0 Å². The van der Waals surface area contributed by atoms with Crippen molar-refractivity contribution in [3.05, 3.63) is 35.6 Å². The Hall–Kier alpha value is -1.26. The standard InChI is InChI=1S/C15H20FNO2/c16-14-5-3-12(4-6-14)8-15(19)10-17-7-1-2-13(9-17)11-18/h3-6,13,18H,1-2,7-11H2. The van der Waals surface area contributed by atoms with E-state index in [4.69, 9.17) is 5.11 Å². The molecule has 1 aliphatic rings. The molecule has 1 saturated heterocycles. The van der Waals surface area contributed by atoms with E-state index in [-0.39, 0.29) is 18.2 Å². The lowest BCUT2D eigenvalue weighted by Gasteiger charge is -2.31. The molecule has 1 atom stereocenters. The minimum atomic E-state index is -0.280. The number of likely N-dealkylation sites (tertiary alicyclic amines) is 1. The first-order valence-electron chi connectivity index (χ1n) is 6.76. The van der Waals surface area contributed by atoms with Crippen molar-refractivity contribution < 1.29 is 14.3 Å². The summed E-state index contributed by atoms with van der Waals surface area (Å²) in [5, 5.41) is 9.16. The normalized spacial score (nSPS) is 20.4. The molecule has 1 aromatic rings. The van der Waals surface area contributed by atoms with Gasteiger partial charge in [0.15, 0.2) is 5.78 Å². The molecule has 1 aromatic carbocycles. The van der Waals surface area contributed by atoms with E-state index in [2.05, 4.69) is 4.90 Å². The number of ketones is 1. The van der Waals surface area contributed by atoms with Gasteiger partial charge in [0.05, 0.1) is 6.54 Å². The number of aliphatic hydroxyl groups is 1. The number of halogens is 1. The van der Waals surface area contributed by atoms with Crippen molar-refractivity contribution in [3.8, 4) is 0 Å². The van der Waals surface area contributed by atoms with E-state index in [1.165, 1.54) is 12.1 Å². The summed E-state index contributed by atoms with van der Waals surface area (Å²) in [6, 6.07) is 6.07. The van der Waals surface area contributed by atoms with Crippen molar-refractivity contribution in [1.29, 1.82) is 0 Å². The molecule has 3 nitrogen and oxygen atoms in total. The summed E-state index contributed by atoms with van der Waals surface area (Å²) in [6.45, 7) is 2.34. The van der Waals surface area contributed by atoms with Crippen LogP contribution in [0.4, 0.5) is 4.39 Å². The molecule has 0 amide bonds. The van der Waals surface area contributed by atoms with Crippen LogP contribution < -0.4 is 0 Å². The number of nitrogens with zero attached hydrogens (tertiary/aromatic N) is 1. The molecular weight excluding hydrogens is 245 g/mol. The fourth-order valence-corrected chi connectivity index (χ4v) is 2.58. The third kappa shape index (κ3) is 4.40. The molecule has 4 heteroatoms. The molecular formula is C15H20FNO2. The molecule has 1 N–H and O–H groups in total. The third-order valence-corrected chi connectivity index (χ3v) is 3.58. The smallest absolute Gasteiger partial charge is 0.151 e. The summed E-state index contributed by atoms with van der Waals surface area (Å²) in [6.07, 6.45) is 2.43. The number of carbonyl (C=O) groups excluding carboxylic acids is 1. The first kappa shape index (κ1) is 14.2. The number of aliphatic hydroxyl groups excluding tert-OH is 1. The van der Waals surface area contributed by atoms with Crippen molar-refractivity contribution >= 4 is 5.78 Å². The van der Waals surface area contributed by atoms with Gasteiger partial charge in [0.25, 0.3) is 0 Å². The van der Waals surface area contributed by atoms with E-state index in [1.54, 1.807) is 12.1 Å². The van der Waals surface area contributed by atoms with Crippen molar-refractivity contribution in [3.63, 3.8) is 0 Å². The van der Waals surface area contributed by atoms with E-state index >= 15 is 0 Å². The predicted octanol–water partition coefficient (Wildman–Crippen LogP) is 1.64. The van der Waals surface area contributed by atoms with Crippen molar-refractivity contribution in [2.45, 2.75) is 19.3 Å². The van der Waals surface area contributed by atoms with Gasteiger partial charge in [0.2, 0.25) is 0 Å². The Morgan fingerprint density at radius 1 is 1.37 bits per heavy atom. The fourth-order valence-electron chi connectivity index (χ4n) is 2.58. The molecule has 0 saturated carbocycles. The van der Waals surface area contributed by atoms with Gasteiger partial charge in [-0.15, -0.1) is 0 Å².